The number of nitrogens with one attached hydrogen (secondary N) is 3. The minimum Gasteiger partial charge on any atom is -0.481 e. The Morgan fingerprint density at radius 1 is 0.934 bits per heavy atom. The summed E-state index contributed by atoms with van der Waals surface area (Å²) >= 11 is 1.56. The summed E-state index contributed by atoms with van der Waals surface area (Å²) < 4.78 is 18.6. The highest BCUT2D eigenvalue weighted by Gasteiger charge is 2.52. The van der Waals surface area contributed by atoms with E-state index in [1.165, 1.54) is 22.2 Å². The number of carbonyl (C=O) groups is 5. The van der Waals surface area contributed by atoms with Crippen LogP contribution in [-0.4, -0.2) is 162 Å². The van der Waals surface area contributed by atoms with E-state index in [1.54, 1.807) is 65.9 Å². The minimum absolute atomic E-state index is 0.0125. The third-order valence-electron chi connectivity index (χ3n) is 13.7. The zero-order valence-electron chi connectivity index (χ0n) is 43.1. The predicted octanol–water partition coefficient (Wildman–Crippen LogP) is 3.71. The Morgan fingerprint density at radius 2 is 1.70 bits per heavy atom. The molecule has 1 aromatic carbocycles. The molecule has 5 amide bonds. The van der Waals surface area contributed by atoms with Crippen LogP contribution in [0.15, 0.2) is 73.0 Å². The Labute approximate surface area is 442 Å². The van der Waals surface area contributed by atoms with Crippen LogP contribution >= 0.6 is 11.3 Å². The minimum atomic E-state index is -1.02. The van der Waals surface area contributed by atoms with E-state index in [0.717, 1.165) is 34.8 Å². The zero-order valence-corrected chi connectivity index (χ0v) is 43.9. The van der Waals surface area contributed by atoms with E-state index in [1.807, 2.05) is 56.9 Å². The lowest BCUT2D eigenvalue weighted by Crippen LogP contribution is -2.73. The maximum absolute atomic E-state index is 14.1. The molecule has 24 heteroatoms. The van der Waals surface area contributed by atoms with Gasteiger partial charge >= 0.3 is 6.09 Å². The number of nitrogens with zero attached hydrogens (tertiary/aromatic N) is 11. The van der Waals surface area contributed by atoms with Gasteiger partial charge in [0.2, 0.25) is 29.5 Å². The molecule has 0 aliphatic carbocycles. The van der Waals surface area contributed by atoms with E-state index < -0.39 is 54.0 Å². The van der Waals surface area contributed by atoms with Gasteiger partial charge in [-0.1, -0.05) is 45.0 Å². The van der Waals surface area contributed by atoms with Crippen LogP contribution in [0.3, 0.4) is 0 Å². The van der Waals surface area contributed by atoms with Crippen molar-refractivity contribution < 1.29 is 43.3 Å². The van der Waals surface area contributed by atoms with E-state index in [0.29, 0.717) is 66.5 Å². The zero-order chi connectivity index (χ0) is 53.5. The Kier molecular flexibility index (Phi) is 14.3. The van der Waals surface area contributed by atoms with Crippen molar-refractivity contribution in [1.29, 1.82) is 0 Å². The molecule has 3 atom stereocenters. The van der Waals surface area contributed by atoms with Crippen molar-refractivity contribution >= 4 is 64.2 Å². The van der Waals surface area contributed by atoms with E-state index in [9.17, 15) is 29.1 Å². The van der Waals surface area contributed by atoms with Crippen molar-refractivity contribution in [1.82, 2.24) is 54.7 Å². The number of aliphatic hydroxyl groups excluding tert-OH is 1. The standard InChI is InChI=1S/C52H60N14O9S/c1-30(2)75-50(72)65-11-12-73-47-39(65)13-34(16-55-47)37-21-63-22-40(59-41(63)19-53-37)60-42(68)23-62-25-52(26-62)27-64(28-52)49-56-17-36(18-57-49)74-24-43(69)61-45(51(4,5)6)48(71)66-20-35(67)14-38(66)46(70)54-15-32-7-9-33(10-8-32)44-31(3)58-29-76-44/h7-10,13,16-19,21-22,29-30,35,38,45,67H,11-12,14-15,20,23-28H2,1-6H3,(H,54,70)(H,60,68)(H,61,69)/t35-,38+,45-/m1/s1. The van der Waals surface area contributed by atoms with Gasteiger partial charge in [0.05, 0.1) is 71.9 Å². The molecule has 4 aliphatic rings. The maximum Gasteiger partial charge on any atom is 0.414 e. The number of β-amino-alcohol motifs (C(OH)–C–C–N with tert-alkyl or cyclic N) is 1. The smallest absolute Gasteiger partial charge is 0.414 e. The van der Waals surface area contributed by atoms with Gasteiger partial charge in [-0.3, -0.25) is 34.0 Å². The summed E-state index contributed by atoms with van der Waals surface area (Å²) in [6.07, 6.45) is 8.12. The number of benzene rings is 1. The first kappa shape index (κ1) is 51.6. The highest BCUT2D eigenvalue weighted by molar-refractivity contribution is 7.13. The van der Waals surface area contributed by atoms with Gasteiger partial charge in [0.25, 0.3) is 5.91 Å². The molecule has 4 aliphatic heterocycles. The SMILES string of the molecule is Cc1ncsc1-c1ccc(CNC(=O)[C@@H]2C[C@@H](O)CN2C(=O)[C@@H](NC(=O)COc2cnc(N3CC4(CN(CC(=O)Nc5cn6cc(-c7cnc8c(c7)N(C(=O)OC(C)C)CCO8)ncc6n5)C4)C3)nc2)C(C)(C)C)cc1. The molecule has 3 fully saturated rings. The maximum atomic E-state index is 14.1. The first-order valence-electron chi connectivity index (χ1n) is 25.1. The molecule has 9 heterocycles. The van der Waals surface area contributed by atoms with Crippen LogP contribution in [0.5, 0.6) is 11.6 Å². The molecule has 0 bridgehead atoms. The largest absolute Gasteiger partial charge is 0.481 e. The number of hydrogen-bond donors (Lipinski definition) is 4. The molecule has 23 nitrogen and oxygen atoms in total. The number of carbonyl (C=O) groups excluding carboxylic acids is 5. The molecule has 0 saturated carbocycles. The Balaban J connectivity index is 0.658. The van der Waals surface area contributed by atoms with E-state index in [2.05, 4.69) is 50.8 Å². The number of fused-ring (bicyclic) bond motifs is 2. The fourth-order valence-corrected chi connectivity index (χ4v) is 10.8. The second kappa shape index (κ2) is 21.1. The first-order chi connectivity index (χ1) is 36.4. The van der Waals surface area contributed by atoms with Crippen LogP contribution in [0, 0.1) is 17.8 Å². The number of pyridine rings is 1. The molecule has 398 valence electrons. The third kappa shape index (κ3) is 11.2. The number of imidazole rings is 1. The van der Waals surface area contributed by atoms with Crippen LogP contribution < -0.4 is 35.2 Å². The van der Waals surface area contributed by atoms with E-state index >= 15 is 0 Å². The van der Waals surface area contributed by atoms with Crippen molar-refractivity contribution in [3.8, 4) is 33.3 Å². The van der Waals surface area contributed by atoms with Crippen molar-refractivity contribution in [2.75, 3.05) is 74.1 Å². The normalized spacial score (nSPS) is 18.3. The number of rotatable bonds is 15. The topological polar surface area (TPSA) is 264 Å². The summed E-state index contributed by atoms with van der Waals surface area (Å²) in [5.74, 6) is -0.111. The number of aryl methyl sites for hydroxylation is 1. The van der Waals surface area contributed by atoms with Crippen molar-refractivity contribution in [2.24, 2.45) is 10.8 Å². The number of amides is 5. The molecule has 0 unspecified atom stereocenters. The van der Waals surface area contributed by atoms with Crippen LogP contribution in [0.1, 0.15) is 52.3 Å². The monoisotopic (exact) mass is 1060 g/mol. The third-order valence-corrected chi connectivity index (χ3v) is 14.6. The number of anilines is 3. The van der Waals surface area contributed by atoms with Gasteiger partial charge in [-0.25, -0.2) is 29.7 Å². The van der Waals surface area contributed by atoms with Gasteiger partial charge in [-0.15, -0.1) is 11.3 Å². The summed E-state index contributed by atoms with van der Waals surface area (Å²) in [6, 6.07) is 7.69. The van der Waals surface area contributed by atoms with Crippen LogP contribution in [0.2, 0.25) is 0 Å². The van der Waals surface area contributed by atoms with Gasteiger partial charge in [0.1, 0.15) is 24.4 Å². The Bertz CT molecular complexity index is 3150. The molecule has 4 N–H and O–H groups in total. The summed E-state index contributed by atoms with van der Waals surface area (Å²) in [5.41, 5.74) is 6.21. The summed E-state index contributed by atoms with van der Waals surface area (Å²) in [4.78, 5) is 102. The summed E-state index contributed by atoms with van der Waals surface area (Å²) in [5, 5.41) is 19.3. The highest BCUT2D eigenvalue weighted by Crippen LogP contribution is 2.41. The molecule has 10 rings (SSSR count). The number of ether oxygens (including phenoxy) is 3. The quantitative estimate of drug-likeness (QED) is 0.114. The number of thiazole rings is 1. The Morgan fingerprint density at radius 3 is 2.41 bits per heavy atom. The second-order valence-corrected chi connectivity index (χ2v) is 22.0. The van der Waals surface area contributed by atoms with Gasteiger partial charge in [0, 0.05) is 69.1 Å². The van der Waals surface area contributed by atoms with E-state index in [-0.39, 0.29) is 49.2 Å². The lowest BCUT2D eigenvalue weighted by Gasteiger charge is -2.60. The molecule has 5 aromatic heterocycles. The fourth-order valence-electron chi connectivity index (χ4n) is 9.99. The molecule has 6 aromatic rings. The summed E-state index contributed by atoms with van der Waals surface area (Å²) in [6.45, 7) is 14.5. The molecule has 76 heavy (non-hydrogen) atoms. The highest BCUT2D eigenvalue weighted by atomic mass is 32.1. The van der Waals surface area contributed by atoms with Gasteiger partial charge in [0.15, 0.2) is 23.8 Å². The average Bonchev–Trinajstić information content (AvgIpc) is 4.21. The molecule has 0 radical (unpaired) electrons. The van der Waals surface area contributed by atoms with Gasteiger partial charge in [-0.05, 0) is 43.4 Å². The summed E-state index contributed by atoms with van der Waals surface area (Å²) in [7, 11) is 0. The van der Waals surface area contributed by atoms with Crippen LogP contribution in [-0.2, 0) is 30.5 Å². The Hall–Kier alpha value is -7.83. The predicted molar refractivity (Wildman–Crippen MR) is 280 cm³/mol. The van der Waals surface area contributed by atoms with E-state index in [4.69, 9.17) is 14.2 Å². The molecule has 3 saturated heterocycles. The number of likely N-dealkylation sites (tertiary alicyclic amines) is 2. The molecular weight excluding hydrogens is 997 g/mol. The van der Waals surface area contributed by atoms with Crippen molar-refractivity contribution in [3.05, 3.63) is 84.3 Å². The second-order valence-electron chi connectivity index (χ2n) is 21.1. The van der Waals surface area contributed by atoms with Crippen LogP contribution in [0.4, 0.5) is 22.2 Å². The number of aliphatic hydroxyl groups is 1. The number of hydrogen-bond acceptors (Lipinski definition) is 18. The fraction of sp³-hybridized carbons (Fsp3) is 0.442. The van der Waals surface area contributed by atoms with Crippen molar-refractivity contribution in [3.63, 3.8) is 0 Å². The molecular formula is C52H60N14O9S. The van der Waals surface area contributed by atoms with Crippen LogP contribution in [0.25, 0.3) is 27.3 Å². The average molecular weight is 1060 g/mol. The molecule has 1 spiro atoms. The lowest BCUT2D eigenvalue weighted by atomic mass is 9.73. The van der Waals surface area contributed by atoms with Crippen molar-refractivity contribution in [2.45, 2.75) is 78.8 Å². The lowest BCUT2D eigenvalue weighted by molar-refractivity contribution is -0.144. The number of aromatic nitrogens is 7. The van der Waals surface area contributed by atoms with Gasteiger partial charge in [-0.2, -0.15) is 0 Å². The van der Waals surface area contributed by atoms with Gasteiger partial charge < -0.3 is 49.5 Å². The first-order valence-corrected chi connectivity index (χ1v) is 26.0.